The van der Waals surface area contributed by atoms with E-state index in [0.29, 0.717) is 17.9 Å². The molecular weight excluding hydrogens is 472 g/mol. The van der Waals surface area contributed by atoms with Gasteiger partial charge >= 0.3 is 0 Å². The van der Waals surface area contributed by atoms with Crippen LogP contribution in [0.4, 0.5) is 0 Å². The Hall–Kier alpha value is -3.93. The summed E-state index contributed by atoms with van der Waals surface area (Å²) < 4.78 is 0. The molecule has 3 N–H and O–H groups in total. The lowest BCUT2D eigenvalue weighted by Gasteiger charge is -2.45. The van der Waals surface area contributed by atoms with Crippen LogP contribution in [0.25, 0.3) is 0 Å². The highest BCUT2D eigenvalue weighted by molar-refractivity contribution is 6.00. The van der Waals surface area contributed by atoms with Crippen molar-refractivity contribution in [2.24, 2.45) is 5.92 Å². The van der Waals surface area contributed by atoms with Crippen molar-refractivity contribution in [3.8, 4) is 0 Å². The predicted molar refractivity (Wildman–Crippen MR) is 150 cm³/mol. The van der Waals surface area contributed by atoms with Gasteiger partial charge in [0.1, 0.15) is 0 Å². The third-order valence-electron chi connectivity index (χ3n) is 8.36. The fraction of sp³-hybridized carbons (Fsp3) is 0.344. The zero-order valence-corrected chi connectivity index (χ0v) is 22.3. The van der Waals surface area contributed by atoms with Crippen molar-refractivity contribution in [3.63, 3.8) is 0 Å². The van der Waals surface area contributed by atoms with Crippen LogP contribution in [0, 0.1) is 11.3 Å². The first-order valence-electron chi connectivity index (χ1n) is 13.6. The molecule has 2 amide bonds. The lowest BCUT2D eigenvalue weighted by molar-refractivity contribution is -0.132. The molecule has 6 nitrogen and oxygen atoms in total. The molecule has 196 valence electrons. The molecule has 1 heterocycles. The van der Waals surface area contributed by atoms with Gasteiger partial charge in [-0.2, -0.15) is 0 Å². The zero-order valence-electron chi connectivity index (χ0n) is 22.3. The average molecular weight is 509 g/mol. The Bertz CT molecular complexity index is 1330. The summed E-state index contributed by atoms with van der Waals surface area (Å²) in [5, 5.41) is 15.5. The maximum absolute atomic E-state index is 13.6. The molecule has 0 bridgehead atoms. The van der Waals surface area contributed by atoms with Crippen molar-refractivity contribution >= 4 is 17.8 Å². The number of amides is 2. The van der Waals surface area contributed by atoms with Gasteiger partial charge in [-0.15, -0.1) is 0 Å². The third-order valence-corrected chi connectivity index (χ3v) is 8.36. The number of guanidine groups is 1. The Morgan fingerprint density at radius 2 is 1.71 bits per heavy atom. The standard InChI is InChI=1S/C32H36N4O2/c1-4-32(5-2)20-27(37)36(31(33)35-32)29(22-12-7-6-8-13-22)24-15-11-16-25(19-24)30(38)34-28-21(3)18-23-14-9-10-17-26(23)28/h6-17,19,21,28-29H,4-5,18,20H2,1-3H3,(H2,33,35)(H,34,38)/t21-,28+,29?/m1/s1. The van der Waals surface area contributed by atoms with Crippen LogP contribution in [0.1, 0.15) is 84.7 Å². The van der Waals surface area contributed by atoms with Crippen molar-refractivity contribution in [3.05, 3.63) is 107 Å². The van der Waals surface area contributed by atoms with Gasteiger partial charge in [0.15, 0.2) is 5.96 Å². The van der Waals surface area contributed by atoms with Gasteiger partial charge in [0.2, 0.25) is 5.91 Å². The molecule has 3 atom stereocenters. The van der Waals surface area contributed by atoms with E-state index in [2.05, 4.69) is 29.7 Å². The Kier molecular flexibility index (Phi) is 7.06. The number of rotatable bonds is 7. The minimum atomic E-state index is -0.519. The van der Waals surface area contributed by atoms with Gasteiger partial charge in [0.05, 0.1) is 18.5 Å². The quantitative estimate of drug-likeness (QED) is 0.380. The van der Waals surface area contributed by atoms with Crippen LogP contribution < -0.4 is 10.6 Å². The van der Waals surface area contributed by atoms with Crippen LogP contribution in [-0.2, 0) is 11.2 Å². The summed E-state index contributed by atoms with van der Waals surface area (Å²) in [6, 6.07) is 25.0. The third kappa shape index (κ3) is 4.71. The van der Waals surface area contributed by atoms with E-state index in [1.807, 2.05) is 80.6 Å². The molecule has 3 aromatic rings. The van der Waals surface area contributed by atoms with E-state index in [4.69, 9.17) is 5.41 Å². The number of carbonyl (C=O) groups excluding carboxylic acids is 2. The number of nitrogens with one attached hydrogen (secondary N) is 3. The van der Waals surface area contributed by atoms with Crippen LogP contribution in [0.15, 0.2) is 78.9 Å². The van der Waals surface area contributed by atoms with Gasteiger partial charge in [0.25, 0.3) is 5.91 Å². The summed E-state index contributed by atoms with van der Waals surface area (Å²) in [6.07, 6.45) is 2.80. The number of hydrogen-bond acceptors (Lipinski definition) is 3. The number of carbonyl (C=O) groups is 2. The van der Waals surface area contributed by atoms with Gasteiger partial charge in [0, 0.05) is 11.1 Å². The van der Waals surface area contributed by atoms with E-state index in [9.17, 15) is 9.59 Å². The van der Waals surface area contributed by atoms with Gasteiger partial charge in [-0.3, -0.25) is 19.9 Å². The maximum atomic E-state index is 13.6. The van der Waals surface area contributed by atoms with Crippen molar-refractivity contribution in [2.45, 2.75) is 64.1 Å². The molecule has 1 aliphatic carbocycles. The molecule has 0 saturated carbocycles. The molecule has 0 aromatic heterocycles. The van der Waals surface area contributed by atoms with Gasteiger partial charge in [-0.1, -0.05) is 87.5 Å². The second kappa shape index (κ2) is 10.4. The highest BCUT2D eigenvalue weighted by Crippen LogP contribution is 2.37. The number of fused-ring (bicyclic) bond motifs is 1. The summed E-state index contributed by atoms with van der Waals surface area (Å²) in [6.45, 7) is 6.26. The molecule has 1 unspecified atom stereocenters. The Morgan fingerprint density at radius 1 is 1.03 bits per heavy atom. The van der Waals surface area contributed by atoms with E-state index in [1.54, 1.807) is 4.90 Å². The molecule has 1 aliphatic heterocycles. The Balaban J connectivity index is 1.47. The van der Waals surface area contributed by atoms with Crippen LogP contribution in [-0.4, -0.2) is 28.2 Å². The summed E-state index contributed by atoms with van der Waals surface area (Å²) in [7, 11) is 0. The first-order valence-corrected chi connectivity index (χ1v) is 13.6. The van der Waals surface area contributed by atoms with Crippen molar-refractivity contribution < 1.29 is 9.59 Å². The topological polar surface area (TPSA) is 85.3 Å². The average Bonchev–Trinajstić information content (AvgIpc) is 3.25. The molecule has 0 spiro atoms. The zero-order chi connectivity index (χ0) is 26.9. The fourth-order valence-corrected chi connectivity index (χ4v) is 6.02. The minimum absolute atomic E-state index is 0.0375. The Morgan fingerprint density at radius 3 is 2.42 bits per heavy atom. The van der Waals surface area contributed by atoms with Gasteiger partial charge < -0.3 is 10.6 Å². The normalized spacial score (nSPS) is 21.0. The summed E-state index contributed by atoms with van der Waals surface area (Å²) in [5.74, 6) is 0.190. The summed E-state index contributed by atoms with van der Waals surface area (Å²) in [4.78, 5) is 28.6. The number of nitrogens with zero attached hydrogens (tertiary/aromatic N) is 1. The van der Waals surface area contributed by atoms with Crippen molar-refractivity contribution in [1.82, 2.24) is 15.5 Å². The van der Waals surface area contributed by atoms with Crippen molar-refractivity contribution in [2.75, 3.05) is 0 Å². The van der Waals surface area contributed by atoms with Crippen LogP contribution in [0.5, 0.6) is 0 Å². The van der Waals surface area contributed by atoms with Gasteiger partial charge in [-0.25, -0.2) is 0 Å². The van der Waals surface area contributed by atoms with Crippen molar-refractivity contribution in [1.29, 1.82) is 5.41 Å². The maximum Gasteiger partial charge on any atom is 0.251 e. The summed E-state index contributed by atoms with van der Waals surface area (Å²) in [5.41, 5.74) is 4.30. The van der Waals surface area contributed by atoms with Crippen LogP contribution >= 0.6 is 0 Å². The first kappa shape index (κ1) is 25.7. The molecule has 1 fully saturated rings. The van der Waals surface area contributed by atoms with E-state index < -0.39 is 11.6 Å². The molecule has 5 rings (SSSR count). The minimum Gasteiger partial charge on any atom is -0.350 e. The molecule has 1 saturated heterocycles. The molecular formula is C32H36N4O2. The second-order valence-electron chi connectivity index (χ2n) is 10.7. The van der Waals surface area contributed by atoms with Crippen LogP contribution in [0.2, 0.25) is 0 Å². The number of hydrogen-bond donors (Lipinski definition) is 3. The second-order valence-corrected chi connectivity index (χ2v) is 10.7. The molecule has 38 heavy (non-hydrogen) atoms. The largest absolute Gasteiger partial charge is 0.350 e. The van der Waals surface area contributed by atoms with E-state index in [-0.39, 0.29) is 23.8 Å². The molecule has 3 aromatic carbocycles. The smallest absolute Gasteiger partial charge is 0.251 e. The number of benzene rings is 3. The lowest BCUT2D eigenvalue weighted by Crippen LogP contribution is -2.62. The van der Waals surface area contributed by atoms with E-state index >= 15 is 0 Å². The Labute approximate surface area is 225 Å². The predicted octanol–water partition coefficient (Wildman–Crippen LogP) is 5.75. The highest BCUT2D eigenvalue weighted by Gasteiger charge is 2.42. The molecule has 2 aliphatic rings. The lowest BCUT2D eigenvalue weighted by atomic mass is 9.85. The van der Waals surface area contributed by atoms with E-state index in [0.717, 1.165) is 30.4 Å². The van der Waals surface area contributed by atoms with Crippen LogP contribution in [0.3, 0.4) is 0 Å². The monoisotopic (exact) mass is 508 g/mol. The highest BCUT2D eigenvalue weighted by atomic mass is 16.2. The SMILES string of the molecule is CCC1(CC)CC(=O)N(C(c2ccccc2)c2cccc(C(=O)N[C@@H]3c4ccccc4C[C@H]3C)c2)C(=N)N1. The fourth-order valence-electron chi connectivity index (χ4n) is 6.02. The van der Waals surface area contributed by atoms with E-state index in [1.165, 1.54) is 11.1 Å². The molecule has 6 heteroatoms. The molecule has 0 radical (unpaired) electrons. The first-order chi connectivity index (χ1) is 18.4. The van der Waals surface area contributed by atoms with Gasteiger partial charge in [-0.05, 0) is 59.6 Å². The summed E-state index contributed by atoms with van der Waals surface area (Å²) >= 11 is 0.